The Hall–Kier alpha value is -4.33. The van der Waals surface area contributed by atoms with E-state index in [1.807, 2.05) is 60.7 Å². The molecule has 0 heterocycles. The van der Waals surface area contributed by atoms with Crippen molar-refractivity contribution in [3.8, 4) is 5.75 Å². The number of nitrogens with one attached hydrogen (secondary N) is 2. The third-order valence-electron chi connectivity index (χ3n) is 7.06. The summed E-state index contributed by atoms with van der Waals surface area (Å²) in [6.07, 6.45) is 1.84. The van der Waals surface area contributed by atoms with Crippen LogP contribution in [0.1, 0.15) is 62.8 Å². The van der Waals surface area contributed by atoms with Crippen molar-refractivity contribution in [3.63, 3.8) is 0 Å². The van der Waals surface area contributed by atoms with Crippen LogP contribution in [0, 0.1) is 0 Å². The van der Waals surface area contributed by atoms with Crippen LogP contribution in [-0.4, -0.2) is 45.6 Å². The van der Waals surface area contributed by atoms with E-state index in [-0.39, 0.29) is 24.8 Å². The highest BCUT2D eigenvalue weighted by molar-refractivity contribution is 5.93. The molecule has 1 saturated carbocycles. The first kappa shape index (κ1) is 29.6. The van der Waals surface area contributed by atoms with Crippen LogP contribution in [-0.2, 0) is 27.3 Å². The molecule has 1 fully saturated rings. The highest BCUT2D eigenvalue weighted by Gasteiger charge is 2.42. The van der Waals surface area contributed by atoms with Crippen molar-refractivity contribution >= 4 is 17.9 Å². The van der Waals surface area contributed by atoms with Gasteiger partial charge >= 0.3 is 6.09 Å². The third-order valence-corrected chi connectivity index (χ3v) is 7.06. The molecule has 8 nitrogen and oxygen atoms in total. The Labute approximate surface area is 241 Å². The fourth-order valence-corrected chi connectivity index (χ4v) is 4.88. The van der Waals surface area contributed by atoms with Gasteiger partial charge in [-0.05, 0) is 57.2 Å². The number of rotatable bonds is 10. The van der Waals surface area contributed by atoms with Crippen molar-refractivity contribution in [1.82, 2.24) is 15.5 Å². The van der Waals surface area contributed by atoms with E-state index < -0.39 is 35.6 Å². The predicted molar refractivity (Wildman–Crippen MR) is 157 cm³/mol. The van der Waals surface area contributed by atoms with Crippen LogP contribution in [0.5, 0.6) is 5.75 Å². The van der Waals surface area contributed by atoms with Crippen LogP contribution >= 0.6 is 0 Å². The van der Waals surface area contributed by atoms with Crippen molar-refractivity contribution in [1.29, 1.82) is 0 Å². The van der Waals surface area contributed by atoms with Crippen LogP contribution in [0.2, 0.25) is 0 Å². The van der Waals surface area contributed by atoms with Gasteiger partial charge in [0, 0.05) is 24.6 Å². The molecule has 3 amide bonds. The van der Waals surface area contributed by atoms with Crippen molar-refractivity contribution in [2.75, 3.05) is 0 Å². The Bertz CT molecular complexity index is 1320. The zero-order valence-corrected chi connectivity index (χ0v) is 23.9. The lowest BCUT2D eigenvalue weighted by molar-refractivity contribution is -0.147. The molecule has 0 bridgehead atoms. The highest BCUT2D eigenvalue weighted by atomic mass is 16.6. The number of nitrogens with zero attached hydrogens (tertiary/aromatic N) is 1. The summed E-state index contributed by atoms with van der Waals surface area (Å²) in [5.41, 5.74) is 1.33. The van der Waals surface area contributed by atoms with Gasteiger partial charge in [0.1, 0.15) is 23.4 Å². The summed E-state index contributed by atoms with van der Waals surface area (Å²) in [6.45, 7) is 5.53. The Balaban J connectivity index is 1.70. The molecule has 2 atom stereocenters. The smallest absolute Gasteiger partial charge is 0.408 e. The maximum atomic E-state index is 14.5. The standard InChI is InChI=1S/C33H39N3O5/c1-33(2,3)41-32(40)35-27(21-23-13-6-4-7-14-23)31(39)36(25-17-12-18-25)29(26-19-10-11-20-28(26)37)30(38)34-22-24-15-8-5-9-16-24/h4-11,13-16,19-20,25,27,29,37H,12,17-18,21-22H2,1-3H3,(H,34,38)(H,35,40). The molecule has 4 rings (SSSR count). The van der Waals surface area contributed by atoms with E-state index in [0.717, 1.165) is 17.5 Å². The van der Waals surface area contributed by atoms with Crippen LogP contribution in [0.25, 0.3) is 0 Å². The maximum Gasteiger partial charge on any atom is 0.408 e. The van der Waals surface area contributed by atoms with Crippen LogP contribution < -0.4 is 10.6 Å². The number of para-hydroxylation sites is 1. The topological polar surface area (TPSA) is 108 Å². The molecule has 0 saturated heterocycles. The fraction of sp³-hybridized carbons (Fsp3) is 0.364. The zero-order chi connectivity index (χ0) is 29.4. The average Bonchev–Trinajstić information content (AvgIpc) is 2.91. The molecule has 0 aromatic heterocycles. The number of carbonyl (C=O) groups is 3. The van der Waals surface area contributed by atoms with Crippen LogP contribution in [0.4, 0.5) is 4.79 Å². The van der Waals surface area contributed by atoms with E-state index in [2.05, 4.69) is 10.6 Å². The van der Waals surface area contributed by atoms with Crippen LogP contribution in [0.15, 0.2) is 84.9 Å². The summed E-state index contributed by atoms with van der Waals surface area (Å²) < 4.78 is 5.50. The Morgan fingerprint density at radius 2 is 1.49 bits per heavy atom. The van der Waals surface area contributed by atoms with Crippen molar-refractivity contribution in [3.05, 3.63) is 102 Å². The summed E-state index contributed by atoms with van der Waals surface area (Å²) in [6, 6.07) is 23.2. The van der Waals surface area contributed by atoms with Gasteiger partial charge in [-0.1, -0.05) is 78.9 Å². The lowest BCUT2D eigenvalue weighted by Gasteiger charge is -2.43. The minimum atomic E-state index is -1.10. The number of phenolic OH excluding ortho intramolecular Hbond substituents is 1. The lowest BCUT2D eigenvalue weighted by Crippen LogP contribution is -2.58. The van der Waals surface area contributed by atoms with E-state index >= 15 is 0 Å². The maximum absolute atomic E-state index is 14.5. The van der Waals surface area contributed by atoms with Gasteiger partial charge in [-0.25, -0.2) is 4.79 Å². The second kappa shape index (κ2) is 13.4. The van der Waals surface area contributed by atoms with Crippen molar-refractivity contribution < 1.29 is 24.2 Å². The quantitative estimate of drug-likeness (QED) is 0.315. The molecule has 0 aliphatic heterocycles. The van der Waals surface area contributed by atoms with Crippen LogP contribution in [0.3, 0.4) is 0 Å². The molecule has 3 aromatic carbocycles. The number of phenols is 1. The molecule has 0 radical (unpaired) electrons. The molecule has 41 heavy (non-hydrogen) atoms. The Morgan fingerprint density at radius 1 is 0.902 bits per heavy atom. The number of hydrogen-bond acceptors (Lipinski definition) is 5. The molecule has 3 N–H and O–H groups in total. The largest absolute Gasteiger partial charge is 0.508 e. The SMILES string of the molecule is CC(C)(C)OC(=O)NC(Cc1ccccc1)C(=O)N(C1CCC1)C(C(=O)NCc1ccccc1)c1ccccc1O. The molecule has 216 valence electrons. The molecule has 0 spiro atoms. The van der Waals surface area contributed by atoms with Gasteiger partial charge in [0.05, 0.1) is 0 Å². The number of hydrogen-bond donors (Lipinski definition) is 3. The van der Waals surface area contributed by atoms with Gasteiger partial charge in [0.25, 0.3) is 0 Å². The van der Waals surface area contributed by atoms with E-state index in [0.29, 0.717) is 18.4 Å². The van der Waals surface area contributed by atoms with Crippen molar-refractivity contribution in [2.45, 2.75) is 76.7 Å². The lowest BCUT2D eigenvalue weighted by atomic mass is 9.87. The summed E-state index contributed by atoms with van der Waals surface area (Å²) in [7, 11) is 0. The minimum Gasteiger partial charge on any atom is -0.508 e. The fourth-order valence-electron chi connectivity index (χ4n) is 4.88. The molecular formula is C33H39N3O5. The minimum absolute atomic E-state index is 0.0794. The number of carbonyl (C=O) groups excluding carboxylic acids is 3. The van der Waals surface area contributed by atoms with Gasteiger partial charge in [-0.3, -0.25) is 9.59 Å². The average molecular weight is 558 g/mol. The third kappa shape index (κ3) is 8.10. The van der Waals surface area contributed by atoms with Gasteiger partial charge in [0.15, 0.2) is 0 Å². The number of ether oxygens (including phenoxy) is 1. The highest BCUT2D eigenvalue weighted by Crippen LogP contribution is 2.37. The number of aromatic hydroxyl groups is 1. The Kier molecular flexibility index (Phi) is 9.65. The number of amides is 3. The summed E-state index contributed by atoms with van der Waals surface area (Å²) in [4.78, 5) is 42.9. The molecule has 3 aromatic rings. The first-order valence-corrected chi connectivity index (χ1v) is 14.1. The molecular weight excluding hydrogens is 518 g/mol. The molecule has 1 aliphatic rings. The summed E-state index contributed by atoms with van der Waals surface area (Å²) in [5.74, 6) is -0.900. The Morgan fingerprint density at radius 3 is 2.05 bits per heavy atom. The molecule has 2 unspecified atom stereocenters. The van der Waals surface area contributed by atoms with E-state index in [1.54, 1.807) is 43.9 Å². The van der Waals surface area contributed by atoms with Crippen molar-refractivity contribution in [2.24, 2.45) is 0 Å². The van der Waals surface area contributed by atoms with Gasteiger partial charge < -0.3 is 25.4 Å². The van der Waals surface area contributed by atoms with E-state index in [9.17, 15) is 19.5 Å². The number of alkyl carbamates (subject to hydrolysis) is 1. The normalized spacial score (nSPS) is 14.7. The molecule has 1 aliphatic carbocycles. The summed E-state index contributed by atoms with van der Waals surface area (Å²) in [5, 5.41) is 16.6. The van der Waals surface area contributed by atoms with Gasteiger partial charge in [-0.2, -0.15) is 0 Å². The number of benzene rings is 3. The van der Waals surface area contributed by atoms with E-state index in [4.69, 9.17) is 4.74 Å². The second-order valence-electron chi connectivity index (χ2n) is 11.4. The van der Waals surface area contributed by atoms with E-state index in [1.165, 1.54) is 6.07 Å². The first-order valence-electron chi connectivity index (χ1n) is 14.1. The second-order valence-corrected chi connectivity index (χ2v) is 11.4. The zero-order valence-electron chi connectivity index (χ0n) is 23.9. The monoisotopic (exact) mass is 557 g/mol. The van der Waals surface area contributed by atoms with Gasteiger partial charge in [0.2, 0.25) is 11.8 Å². The van der Waals surface area contributed by atoms with Gasteiger partial charge in [-0.15, -0.1) is 0 Å². The molecule has 8 heteroatoms. The first-order chi connectivity index (χ1) is 19.6. The summed E-state index contributed by atoms with van der Waals surface area (Å²) >= 11 is 0. The predicted octanol–water partition coefficient (Wildman–Crippen LogP) is 5.27.